The number of aromatic hydroxyl groups is 1. The van der Waals surface area contributed by atoms with Gasteiger partial charge in [0.2, 0.25) is 0 Å². The number of hydrogen-bond donors (Lipinski definition) is 2. The molecule has 190 valence electrons. The standard InChI is InChI=1S/C26H25F3N2O5/c1-13-5-7-17(19(28)11-13)22(18-8-6-16(27)12-20(18)29)15(3)36-26(34)14(2)31-25(33)23-24(32)21(35-4)9-10-30-23/h5-12,14-15,22,32H,1-4H3,(H,31,33)/t14-,15-,22-/m0/s1. The second-order valence-corrected chi connectivity index (χ2v) is 8.22. The Morgan fingerprint density at radius 3 is 2.25 bits per heavy atom. The number of aromatic nitrogens is 1. The van der Waals surface area contributed by atoms with E-state index >= 15 is 0 Å². The molecule has 3 aromatic rings. The Morgan fingerprint density at radius 2 is 1.64 bits per heavy atom. The minimum atomic E-state index is -1.21. The number of nitrogens with zero attached hydrogens (tertiary/aromatic N) is 1. The summed E-state index contributed by atoms with van der Waals surface area (Å²) in [4.78, 5) is 29.1. The average molecular weight is 502 g/mol. The lowest BCUT2D eigenvalue weighted by Crippen LogP contribution is -2.41. The highest BCUT2D eigenvalue weighted by atomic mass is 19.1. The van der Waals surface area contributed by atoms with Crippen LogP contribution in [0.1, 0.15) is 46.9 Å². The third-order valence-electron chi connectivity index (χ3n) is 5.58. The van der Waals surface area contributed by atoms with Gasteiger partial charge in [0, 0.05) is 18.3 Å². The maximum Gasteiger partial charge on any atom is 0.328 e. The molecule has 0 unspecified atom stereocenters. The smallest absolute Gasteiger partial charge is 0.328 e. The van der Waals surface area contributed by atoms with E-state index in [1.54, 1.807) is 13.0 Å². The summed E-state index contributed by atoms with van der Waals surface area (Å²) in [5.74, 6) is -5.75. The lowest BCUT2D eigenvalue weighted by atomic mass is 9.86. The van der Waals surface area contributed by atoms with Crippen LogP contribution < -0.4 is 10.1 Å². The Morgan fingerprint density at radius 1 is 1.00 bits per heavy atom. The number of rotatable bonds is 8. The fraction of sp³-hybridized carbons (Fsp3) is 0.269. The Labute approximate surface area is 205 Å². The lowest BCUT2D eigenvalue weighted by molar-refractivity contribution is -0.150. The molecule has 0 radical (unpaired) electrons. The first-order valence-corrected chi connectivity index (χ1v) is 11.0. The fourth-order valence-corrected chi connectivity index (χ4v) is 3.76. The average Bonchev–Trinajstić information content (AvgIpc) is 2.81. The molecule has 1 amide bonds. The first-order chi connectivity index (χ1) is 17.0. The van der Waals surface area contributed by atoms with Gasteiger partial charge in [0.1, 0.15) is 29.6 Å². The van der Waals surface area contributed by atoms with Crippen LogP contribution in [0.3, 0.4) is 0 Å². The summed E-state index contributed by atoms with van der Waals surface area (Å²) in [6, 6.07) is 7.33. The van der Waals surface area contributed by atoms with Crippen LogP contribution in [-0.2, 0) is 9.53 Å². The SMILES string of the molecule is COc1ccnc(C(=O)N[C@@H](C)C(=O)O[C@@H](C)[C@@H](c2ccc(C)cc2F)c2ccc(F)cc2F)c1O. The van der Waals surface area contributed by atoms with E-state index in [4.69, 9.17) is 9.47 Å². The molecule has 0 fully saturated rings. The topological polar surface area (TPSA) is 97.8 Å². The maximum atomic E-state index is 14.9. The summed E-state index contributed by atoms with van der Waals surface area (Å²) in [5.41, 5.74) is 0.246. The zero-order valence-corrected chi connectivity index (χ0v) is 20.0. The molecular formula is C26H25F3N2O5. The highest BCUT2D eigenvalue weighted by Crippen LogP contribution is 2.34. The van der Waals surface area contributed by atoms with Gasteiger partial charge < -0.3 is 19.9 Å². The predicted octanol–water partition coefficient (Wildman–Crippen LogP) is 4.40. The van der Waals surface area contributed by atoms with Crippen LogP contribution in [0.5, 0.6) is 11.5 Å². The number of ether oxygens (including phenoxy) is 2. The second kappa shape index (κ2) is 11.1. The fourth-order valence-electron chi connectivity index (χ4n) is 3.76. The van der Waals surface area contributed by atoms with Crippen molar-refractivity contribution >= 4 is 11.9 Å². The Kier molecular flexibility index (Phi) is 8.18. The number of carbonyl (C=O) groups is 2. The van der Waals surface area contributed by atoms with Crippen LogP contribution in [0.15, 0.2) is 48.7 Å². The highest BCUT2D eigenvalue weighted by Gasteiger charge is 2.31. The maximum absolute atomic E-state index is 14.9. The second-order valence-electron chi connectivity index (χ2n) is 8.22. The number of carbonyl (C=O) groups excluding carboxylic acids is 2. The third kappa shape index (κ3) is 5.76. The van der Waals surface area contributed by atoms with Crippen LogP contribution in [0, 0.1) is 24.4 Å². The molecule has 3 atom stereocenters. The van der Waals surface area contributed by atoms with Crippen molar-refractivity contribution in [3.63, 3.8) is 0 Å². The molecule has 2 N–H and O–H groups in total. The highest BCUT2D eigenvalue weighted by molar-refractivity contribution is 5.97. The van der Waals surface area contributed by atoms with Gasteiger partial charge >= 0.3 is 5.97 Å². The molecule has 7 nitrogen and oxygen atoms in total. The number of hydrogen-bond acceptors (Lipinski definition) is 6. The van der Waals surface area contributed by atoms with Gasteiger partial charge in [-0.05, 0) is 49.6 Å². The van der Waals surface area contributed by atoms with Gasteiger partial charge in [-0.25, -0.2) is 22.9 Å². The Balaban J connectivity index is 1.84. The van der Waals surface area contributed by atoms with Crippen LogP contribution in [0.2, 0.25) is 0 Å². The van der Waals surface area contributed by atoms with Crippen molar-refractivity contribution in [3.05, 3.63) is 88.5 Å². The summed E-state index contributed by atoms with van der Waals surface area (Å²) < 4.78 is 53.5. The molecule has 3 rings (SSSR count). The minimum absolute atomic E-state index is 0.0169. The van der Waals surface area contributed by atoms with Gasteiger partial charge in [0.05, 0.1) is 13.0 Å². The van der Waals surface area contributed by atoms with Crippen molar-refractivity contribution in [3.8, 4) is 11.5 Å². The number of halogens is 3. The number of esters is 1. The van der Waals surface area contributed by atoms with Crippen LogP contribution in [0.4, 0.5) is 13.2 Å². The van der Waals surface area contributed by atoms with Crippen LogP contribution in [-0.4, -0.2) is 41.2 Å². The Hall–Kier alpha value is -4.08. The van der Waals surface area contributed by atoms with E-state index in [-0.39, 0.29) is 22.6 Å². The van der Waals surface area contributed by atoms with E-state index in [9.17, 15) is 27.9 Å². The summed E-state index contributed by atoms with van der Waals surface area (Å²) in [6.07, 6.45) is 0.133. The van der Waals surface area contributed by atoms with E-state index in [2.05, 4.69) is 10.3 Å². The van der Waals surface area contributed by atoms with E-state index in [1.165, 1.54) is 51.4 Å². The van der Waals surface area contributed by atoms with Crippen molar-refractivity contribution in [1.82, 2.24) is 10.3 Å². The molecule has 0 aliphatic carbocycles. The normalized spacial score (nSPS) is 13.4. The van der Waals surface area contributed by atoms with Gasteiger partial charge in [-0.2, -0.15) is 0 Å². The van der Waals surface area contributed by atoms with Gasteiger partial charge in [-0.3, -0.25) is 4.79 Å². The monoisotopic (exact) mass is 502 g/mol. The quantitative estimate of drug-likeness (QED) is 0.443. The number of benzene rings is 2. The molecule has 10 heteroatoms. The number of methoxy groups -OCH3 is 1. The zero-order valence-electron chi connectivity index (χ0n) is 20.0. The molecule has 1 aromatic heterocycles. The van der Waals surface area contributed by atoms with E-state index in [0.29, 0.717) is 11.6 Å². The first kappa shape index (κ1) is 26.5. The molecule has 2 aromatic carbocycles. The van der Waals surface area contributed by atoms with Crippen molar-refractivity contribution in [2.45, 2.75) is 38.8 Å². The molecule has 0 bridgehead atoms. The van der Waals surface area contributed by atoms with Gasteiger partial charge in [-0.1, -0.05) is 18.2 Å². The van der Waals surface area contributed by atoms with Crippen molar-refractivity contribution in [2.75, 3.05) is 7.11 Å². The molecule has 0 aliphatic rings. The number of nitrogens with one attached hydrogen (secondary N) is 1. The molecule has 0 saturated carbocycles. The minimum Gasteiger partial charge on any atom is -0.503 e. The number of pyridine rings is 1. The first-order valence-electron chi connectivity index (χ1n) is 11.0. The third-order valence-corrected chi connectivity index (χ3v) is 5.58. The molecule has 0 spiro atoms. The lowest BCUT2D eigenvalue weighted by Gasteiger charge is -2.27. The summed E-state index contributed by atoms with van der Waals surface area (Å²) in [7, 11) is 1.30. The summed E-state index contributed by atoms with van der Waals surface area (Å²) in [5, 5.41) is 12.5. The number of amides is 1. The zero-order chi connectivity index (χ0) is 26.6. The van der Waals surface area contributed by atoms with Gasteiger partial charge in [-0.15, -0.1) is 0 Å². The Bertz CT molecular complexity index is 1230. The van der Waals surface area contributed by atoms with Crippen LogP contribution >= 0.6 is 0 Å². The number of aryl methyl sites for hydroxylation is 1. The van der Waals surface area contributed by atoms with Gasteiger partial charge in [0.15, 0.2) is 17.2 Å². The molecule has 0 saturated heterocycles. The molecular weight excluding hydrogens is 477 g/mol. The van der Waals surface area contributed by atoms with E-state index in [1.807, 2.05) is 0 Å². The molecule has 1 heterocycles. The van der Waals surface area contributed by atoms with E-state index < -0.39 is 53.1 Å². The molecule has 36 heavy (non-hydrogen) atoms. The van der Waals surface area contributed by atoms with E-state index in [0.717, 1.165) is 6.07 Å². The van der Waals surface area contributed by atoms with Crippen molar-refractivity contribution in [2.24, 2.45) is 0 Å². The molecule has 0 aliphatic heterocycles. The van der Waals surface area contributed by atoms with Crippen LogP contribution in [0.25, 0.3) is 0 Å². The van der Waals surface area contributed by atoms with Crippen molar-refractivity contribution < 1.29 is 37.3 Å². The predicted molar refractivity (Wildman–Crippen MR) is 124 cm³/mol. The summed E-state index contributed by atoms with van der Waals surface area (Å²) in [6.45, 7) is 4.46. The summed E-state index contributed by atoms with van der Waals surface area (Å²) >= 11 is 0. The van der Waals surface area contributed by atoms with Crippen molar-refractivity contribution in [1.29, 1.82) is 0 Å². The largest absolute Gasteiger partial charge is 0.503 e. The van der Waals surface area contributed by atoms with Gasteiger partial charge in [0.25, 0.3) is 5.91 Å².